The first-order valence-corrected chi connectivity index (χ1v) is 9.58. The maximum absolute atomic E-state index is 12.8. The van der Waals surface area contributed by atoms with Crippen LogP contribution in [0.3, 0.4) is 0 Å². The van der Waals surface area contributed by atoms with Crippen LogP contribution in [0.1, 0.15) is 25.7 Å². The van der Waals surface area contributed by atoms with Crippen LogP contribution in [0.5, 0.6) is 0 Å². The number of hydrogen-bond donors (Lipinski definition) is 1. The number of carbonyl (C=O) groups is 3. The van der Waals surface area contributed by atoms with Gasteiger partial charge in [-0.25, -0.2) is 4.79 Å². The molecule has 2 bridgehead atoms. The number of nitrogens with one attached hydrogen (secondary N) is 1. The van der Waals surface area contributed by atoms with Crippen LogP contribution < -0.4 is 5.32 Å². The summed E-state index contributed by atoms with van der Waals surface area (Å²) >= 11 is 2.18. The van der Waals surface area contributed by atoms with Gasteiger partial charge in [-0.3, -0.25) is 24.8 Å². The molecule has 6 nitrogen and oxygen atoms in total. The molecule has 4 rings (SSSR count). The van der Waals surface area contributed by atoms with E-state index >= 15 is 0 Å². The van der Waals surface area contributed by atoms with E-state index in [0.29, 0.717) is 17.5 Å². The number of nitrogens with zero attached hydrogens (tertiary/aromatic N) is 2. The number of imide groups is 2. The standard InChI is InChI=1S/C18H18IN3O3/c19-12-2-1-3-13(8-12)20-9-14-16(23)21-18(25)22(17(14)24)15-7-10-4-5-11(15)6-10/h1-3,8-11,14-15H,4-7H2,(H,21,23,25)/t10-,11-,14-,15-/m0/s1. The molecule has 0 radical (unpaired) electrons. The fourth-order valence-electron chi connectivity index (χ4n) is 4.30. The van der Waals surface area contributed by atoms with Gasteiger partial charge >= 0.3 is 6.03 Å². The Hall–Kier alpha value is -1.77. The van der Waals surface area contributed by atoms with Crippen LogP contribution >= 0.6 is 22.6 Å². The Labute approximate surface area is 159 Å². The lowest BCUT2D eigenvalue weighted by Gasteiger charge is -2.36. The molecule has 1 aromatic rings. The van der Waals surface area contributed by atoms with Crippen LogP contribution in [0.2, 0.25) is 0 Å². The summed E-state index contributed by atoms with van der Waals surface area (Å²) in [5, 5.41) is 2.33. The van der Waals surface area contributed by atoms with Gasteiger partial charge in [-0.05, 0) is 71.9 Å². The number of rotatable bonds is 3. The Kier molecular flexibility index (Phi) is 4.35. The third kappa shape index (κ3) is 3.09. The zero-order chi connectivity index (χ0) is 17.6. The molecule has 1 heterocycles. The van der Waals surface area contributed by atoms with Crippen molar-refractivity contribution in [1.29, 1.82) is 0 Å². The molecule has 25 heavy (non-hydrogen) atoms. The van der Waals surface area contributed by atoms with Crippen LogP contribution in [-0.4, -0.2) is 35.0 Å². The number of urea groups is 1. The van der Waals surface area contributed by atoms with E-state index in [0.717, 1.165) is 22.8 Å². The molecular weight excluding hydrogens is 433 g/mol. The van der Waals surface area contributed by atoms with Gasteiger partial charge in [0.05, 0.1) is 5.69 Å². The summed E-state index contributed by atoms with van der Waals surface area (Å²) in [6.07, 6.45) is 5.54. The number of amides is 4. The summed E-state index contributed by atoms with van der Waals surface area (Å²) in [7, 11) is 0. The summed E-state index contributed by atoms with van der Waals surface area (Å²) in [6.45, 7) is 0. The molecule has 1 aromatic carbocycles. The van der Waals surface area contributed by atoms with Crippen LogP contribution in [-0.2, 0) is 9.59 Å². The van der Waals surface area contributed by atoms with Gasteiger partial charge in [0.1, 0.15) is 0 Å². The summed E-state index contributed by atoms with van der Waals surface area (Å²) in [5.74, 6) is -1.10. The van der Waals surface area contributed by atoms with E-state index in [4.69, 9.17) is 0 Å². The molecule has 4 atom stereocenters. The molecule has 2 aliphatic carbocycles. The van der Waals surface area contributed by atoms with Gasteiger partial charge in [0.15, 0.2) is 5.92 Å². The van der Waals surface area contributed by atoms with E-state index < -0.39 is 23.8 Å². The van der Waals surface area contributed by atoms with Crippen LogP contribution in [0.15, 0.2) is 29.3 Å². The van der Waals surface area contributed by atoms with Gasteiger partial charge in [-0.1, -0.05) is 12.5 Å². The molecule has 2 saturated carbocycles. The largest absolute Gasteiger partial charge is 0.331 e. The Balaban J connectivity index is 1.56. The van der Waals surface area contributed by atoms with Gasteiger partial charge in [0.25, 0.3) is 0 Å². The molecule has 3 fully saturated rings. The first kappa shape index (κ1) is 16.7. The number of hydrogen-bond acceptors (Lipinski definition) is 4. The lowest BCUT2D eigenvalue weighted by atomic mass is 9.92. The molecule has 0 unspecified atom stereocenters. The second kappa shape index (κ2) is 6.51. The highest BCUT2D eigenvalue weighted by Gasteiger charge is 2.50. The van der Waals surface area contributed by atoms with Gasteiger partial charge in [-0.15, -0.1) is 0 Å². The van der Waals surface area contributed by atoms with E-state index in [-0.39, 0.29) is 6.04 Å². The number of barbiturate groups is 1. The Morgan fingerprint density at radius 3 is 2.72 bits per heavy atom. The van der Waals surface area contributed by atoms with Crippen molar-refractivity contribution in [2.75, 3.05) is 0 Å². The lowest BCUT2D eigenvalue weighted by molar-refractivity contribution is -0.141. The number of fused-ring (bicyclic) bond motifs is 2. The highest BCUT2D eigenvalue weighted by molar-refractivity contribution is 14.1. The van der Waals surface area contributed by atoms with E-state index in [1.807, 2.05) is 24.3 Å². The van der Waals surface area contributed by atoms with Gasteiger partial charge in [-0.2, -0.15) is 0 Å². The van der Waals surface area contributed by atoms with Gasteiger partial charge in [0.2, 0.25) is 11.8 Å². The normalized spacial score (nSPS) is 31.9. The molecule has 0 spiro atoms. The zero-order valence-corrected chi connectivity index (χ0v) is 15.7. The van der Waals surface area contributed by atoms with Crippen molar-refractivity contribution < 1.29 is 14.4 Å². The summed E-state index contributed by atoms with van der Waals surface area (Å²) in [5.41, 5.74) is 0.677. The highest BCUT2D eigenvalue weighted by atomic mass is 127. The minimum atomic E-state index is -1.05. The molecule has 130 valence electrons. The fraction of sp³-hybridized carbons (Fsp3) is 0.444. The number of carbonyl (C=O) groups excluding carboxylic acids is 3. The second-order valence-corrected chi connectivity index (χ2v) is 8.23. The molecule has 0 aromatic heterocycles. The van der Waals surface area contributed by atoms with E-state index in [2.05, 4.69) is 32.9 Å². The van der Waals surface area contributed by atoms with Crippen molar-refractivity contribution in [2.45, 2.75) is 31.7 Å². The third-order valence-electron chi connectivity index (χ3n) is 5.45. The minimum Gasteiger partial charge on any atom is -0.277 e. The predicted molar refractivity (Wildman–Crippen MR) is 100 cm³/mol. The van der Waals surface area contributed by atoms with E-state index in [9.17, 15) is 14.4 Å². The molecule has 1 saturated heterocycles. The summed E-state index contributed by atoms with van der Waals surface area (Å²) in [4.78, 5) is 42.8. The highest BCUT2D eigenvalue weighted by Crippen LogP contribution is 2.47. The van der Waals surface area contributed by atoms with Crippen molar-refractivity contribution in [2.24, 2.45) is 22.7 Å². The van der Waals surface area contributed by atoms with Crippen molar-refractivity contribution >= 4 is 52.3 Å². The summed E-state index contributed by atoms with van der Waals surface area (Å²) in [6, 6.07) is 6.82. The molecule has 3 aliphatic rings. The molecule has 1 aliphatic heterocycles. The van der Waals surface area contributed by atoms with Crippen molar-refractivity contribution in [1.82, 2.24) is 10.2 Å². The Morgan fingerprint density at radius 1 is 1.20 bits per heavy atom. The van der Waals surface area contributed by atoms with E-state index in [1.165, 1.54) is 17.5 Å². The molecule has 7 heteroatoms. The van der Waals surface area contributed by atoms with Crippen LogP contribution in [0.4, 0.5) is 10.5 Å². The quantitative estimate of drug-likeness (QED) is 0.436. The third-order valence-corrected chi connectivity index (χ3v) is 6.12. The van der Waals surface area contributed by atoms with E-state index in [1.54, 1.807) is 0 Å². The van der Waals surface area contributed by atoms with Crippen LogP contribution in [0, 0.1) is 21.3 Å². The van der Waals surface area contributed by atoms with Crippen molar-refractivity contribution in [3.05, 3.63) is 27.8 Å². The molecular formula is C18H18IN3O3. The monoisotopic (exact) mass is 451 g/mol. The predicted octanol–water partition coefficient (Wildman–Crippen LogP) is 2.88. The van der Waals surface area contributed by atoms with Gasteiger partial charge in [0, 0.05) is 15.8 Å². The topological polar surface area (TPSA) is 78.8 Å². The van der Waals surface area contributed by atoms with Crippen molar-refractivity contribution in [3.8, 4) is 0 Å². The number of benzene rings is 1. The smallest absolute Gasteiger partial charge is 0.277 e. The first-order valence-electron chi connectivity index (χ1n) is 8.50. The number of aliphatic imine (C=N–C) groups is 1. The van der Waals surface area contributed by atoms with Crippen molar-refractivity contribution in [3.63, 3.8) is 0 Å². The first-order chi connectivity index (χ1) is 12.0. The molecule has 4 amide bonds. The fourth-order valence-corrected chi connectivity index (χ4v) is 4.82. The Bertz CT molecular complexity index is 779. The minimum absolute atomic E-state index is 0.0760. The average Bonchev–Trinajstić information content (AvgIpc) is 3.17. The average molecular weight is 451 g/mol. The lowest BCUT2D eigenvalue weighted by Crippen LogP contribution is -2.62. The molecule has 1 N–H and O–H groups in total. The maximum atomic E-state index is 12.8. The van der Waals surface area contributed by atoms with Crippen LogP contribution in [0.25, 0.3) is 0 Å². The summed E-state index contributed by atoms with van der Waals surface area (Å²) < 4.78 is 1.02. The second-order valence-electron chi connectivity index (χ2n) is 6.98. The Morgan fingerprint density at radius 2 is 2.04 bits per heavy atom. The van der Waals surface area contributed by atoms with Gasteiger partial charge < -0.3 is 0 Å². The number of halogens is 1. The maximum Gasteiger partial charge on any atom is 0.331 e. The zero-order valence-electron chi connectivity index (χ0n) is 13.5. The SMILES string of the molecule is O=C1NC(=O)N([C@H]2C[C@H]3CC[C@H]2C3)C(=O)[C@H]1C=Nc1cccc(I)c1.